The molecule has 1 aromatic carbocycles. The predicted molar refractivity (Wildman–Crippen MR) is 179 cm³/mol. The van der Waals surface area contributed by atoms with Crippen LogP contribution < -0.4 is 16.0 Å². The topological polar surface area (TPSA) is 158 Å². The van der Waals surface area contributed by atoms with E-state index in [1.165, 1.54) is 18.5 Å². The maximum absolute atomic E-state index is 13.1. The first-order valence-electron chi connectivity index (χ1n) is 16.0. The molecule has 2 fully saturated rings. The van der Waals surface area contributed by atoms with Gasteiger partial charge in [-0.25, -0.2) is 24.1 Å². The molecule has 1 saturated heterocycles. The molecule has 5 aromatic rings. The fourth-order valence-corrected chi connectivity index (χ4v) is 7.50. The van der Waals surface area contributed by atoms with Crippen LogP contribution in [0.3, 0.4) is 0 Å². The van der Waals surface area contributed by atoms with Gasteiger partial charge in [-0.05, 0) is 50.8 Å². The molecule has 1 amide bonds. The van der Waals surface area contributed by atoms with Crippen molar-refractivity contribution in [3.63, 3.8) is 0 Å². The third kappa shape index (κ3) is 6.70. The van der Waals surface area contributed by atoms with Gasteiger partial charge in [0.15, 0.2) is 5.79 Å². The monoisotopic (exact) mass is 675 g/mol. The Kier molecular flexibility index (Phi) is 8.98. The van der Waals surface area contributed by atoms with E-state index in [0.29, 0.717) is 38.3 Å². The van der Waals surface area contributed by atoms with Gasteiger partial charge in [0.05, 0.1) is 36.0 Å². The highest BCUT2D eigenvalue weighted by Gasteiger charge is 2.55. The van der Waals surface area contributed by atoms with Crippen LogP contribution >= 0.6 is 11.3 Å². The van der Waals surface area contributed by atoms with Gasteiger partial charge in [-0.1, -0.05) is 12.1 Å². The number of nitrogens with zero attached hydrogens (tertiary/aromatic N) is 6. The first-order chi connectivity index (χ1) is 23.3. The highest BCUT2D eigenvalue weighted by atomic mass is 32.1. The normalized spacial score (nSPS) is 21.4. The SMILES string of the molecule is CC1(C)O[C@@H]2[C@@H](CN(CCCOC(=O)NCCc3ccc(F)cc3)c3cn[nH]c3)C[C@@H](n3cc(-c4nccs4)c4c(N)ncnc43)[C@@H]2O1. The number of hydrogen-bond acceptors (Lipinski definition) is 11. The highest BCUT2D eigenvalue weighted by molar-refractivity contribution is 7.13. The number of aromatic amines is 1. The van der Waals surface area contributed by atoms with Gasteiger partial charge in [0.2, 0.25) is 0 Å². The van der Waals surface area contributed by atoms with E-state index in [4.69, 9.17) is 19.9 Å². The first-order valence-corrected chi connectivity index (χ1v) is 16.9. The number of nitrogen functional groups attached to an aromatic ring is 1. The van der Waals surface area contributed by atoms with Crippen LogP contribution in [-0.4, -0.2) is 80.0 Å². The number of carbonyl (C=O) groups is 1. The van der Waals surface area contributed by atoms with Crippen LogP contribution in [0, 0.1) is 11.7 Å². The number of anilines is 2. The van der Waals surface area contributed by atoms with Crippen molar-refractivity contribution in [2.45, 2.75) is 57.1 Å². The lowest BCUT2D eigenvalue weighted by Crippen LogP contribution is -2.36. The highest BCUT2D eigenvalue weighted by Crippen LogP contribution is 2.49. The summed E-state index contributed by atoms with van der Waals surface area (Å²) in [5.41, 5.74) is 9.91. The van der Waals surface area contributed by atoms with Gasteiger partial charge < -0.3 is 34.7 Å². The fourth-order valence-electron chi connectivity index (χ4n) is 6.84. The summed E-state index contributed by atoms with van der Waals surface area (Å²) in [6, 6.07) is 6.16. The van der Waals surface area contributed by atoms with Crippen molar-refractivity contribution in [3.8, 4) is 10.6 Å². The Morgan fingerprint density at radius 1 is 1.23 bits per heavy atom. The quantitative estimate of drug-likeness (QED) is 0.155. The molecule has 252 valence electrons. The molecule has 48 heavy (non-hydrogen) atoms. The van der Waals surface area contributed by atoms with Crippen LogP contribution in [0.2, 0.25) is 0 Å². The molecule has 7 rings (SSSR count). The molecule has 1 saturated carbocycles. The minimum Gasteiger partial charge on any atom is -0.449 e. The molecule has 4 atom stereocenters. The van der Waals surface area contributed by atoms with Gasteiger partial charge in [0, 0.05) is 55.1 Å². The number of nitrogens with two attached hydrogens (primary N) is 1. The number of alkyl carbamates (subject to hydrolysis) is 1. The maximum Gasteiger partial charge on any atom is 0.407 e. The number of thiazole rings is 1. The van der Waals surface area contributed by atoms with E-state index >= 15 is 0 Å². The predicted octanol–water partition coefficient (Wildman–Crippen LogP) is 4.95. The Labute approximate surface area is 280 Å². The zero-order valence-electron chi connectivity index (χ0n) is 26.7. The molecule has 1 aliphatic carbocycles. The second-order valence-electron chi connectivity index (χ2n) is 12.6. The number of rotatable bonds is 12. The van der Waals surface area contributed by atoms with Crippen molar-refractivity contribution >= 4 is 40.0 Å². The van der Waals surface area contributed by atoms with Crippen LogP contribution in [-0.2, 0) is 20.6 Å². The second kappa shape index (κ2) is 13.5. The summed E-state index contributed by atoms with van der Waals surface area (Å²) in [7, 11) is 0. The lowest BCUT2D eigenvalue weighted by Gasteiger charge is -2.29. The van der Waals surface area contributed by atoms with Gasteiger partial charge in [-0.2, -0.15) is 5.10 Å². The third-order valence-corrected chi connectivity index (χ3v) is 9.72. The number of benzene rings is 1. The Morgan fingerprint density at radius 3 is 2.83 bits per heavy atom. The van der Waals surface area contributed by atoms with Gasteiger partial charge in [-0.15, -0.1) is 11.3 Å². The van der Waals surface area contributed by atoms with Crippen LogP contribution in [0.5, 0.6) is 0 Å². The van der Waals surface area contributed by atoms with Crippen molar-refractivity contribution in [1.82, 2.24) is 35.0 Å². The molecule has 5 heterocycles. The van der Waals surface area contributed by atoms with E-state index < -0.39 is 11.9 Å². The van der Waals surface area contributed by atoms with Gasteiger partial charge in [0.1, 0.15) is 34.7 Å². The zero-order valence-corrected chi connectivity index (χ0v) is 27.5. The first kappa shape index (κ1) is 32.0. The Balaban J connectivity index is 1.03. The summed E-state index contributed by atoms with van der Waals surface area (Å²) in [6.07, 6.45) is 10.1. The third-order valence-electron chi connectivity index (χ3n) is 8.92. The molecule has 0 unspecified atom stereocenters. The van der Waals surface area contributed by atoms with Gasteiger partial charge in [-0.3, -0.25) is 5.10 Å². The minimum absolute atomic E-state index is 0.0691. The summed E-state index contributed by atoms with van der Waals surface area (Å²) >= 11 is 1.54. The van der Waals surface area contributed by atoms with E-state index in [1.54, 1.807) is 35.9 Å². The molecule has 1 aliphatic heterocycles. The van der Waals surface area contributed by atoms with Crippen molar-refractivity contribution < 1.29 is 23.4 Å². The number of halogens is 1. The Morgan fingerprint density at radius 2 is 2.06 bits per heavy atom. The number of nitrogens with one attached hydrogen (secondary N) is 2. The van der Waals surface area contributed by atoms with E-state index in [0.717, 1.165) is 39.3 Å². The average molecular weight is 676 g/mol. The molecular formula is C33H38FN9O4S. The molecule has 2 aliphatic rings. The summed E-state index contributed by atoms with van der Waals surface area (Å²) in [5, 5.41) is 13.4. The molecule has 0 spiro atoms. The average Bonchev–Trinajstić information content (AvgIpc) is 3.90. The molecule has 4 aromatic heterocycles. The van der Waals surface area contributed by atoms with Gasteiger partial charge >= 0.3 is 6.09 Å². The summed E-state index contributed by atoms with van der Waals surface area (Å²) in [6.45, 7) is 5.86. The van der Waals surface area contributed by atoms with Crippen molar-refractivity contribution in [1.29, 1.82) is 0 Å². The van der Waals surface area contributed by atoms with E-state index in [2.05, 4.69) is 46.1 Å². The lowest BCUT2D eigenvalue weighted by atomic mass is 10.0. The summed E-state index contributed by atoms with van der Waals surface area (Å²) in [5.74, 6) is -0.520. The van der Waals surface area contributed by atoms with Crippen LogP contribution in [0.25, 0.3) is 21.6 Å². The largest absolute Gasteiger partial charge is 0.449 e. The number of H-pyrrole nitrogens is 1. The molecule has 13 nitrogen and oxygen atoms in total. The fraction of sp³-hybridized carbons (Fsp3) is 0.424. The van der Waals surface area contributed by atoms with Crippen LogP contribution in [0.1, 0.15) is 38.3 Å². The molecular weight excluding hydrogens is 637 g/mol. The number of ether oxygens (including phenoxy) is 3. The summed E-state index contributed by atoms with van der Waals surface area (Å²) in [4.78, 5) is 28.0. The Bertz CT molecular complexity index is 1830. The van der Waals surface area contributed by atoms with Crippen molar-refractivity contribution in [3.05, 3.63) is 72.1 Å². The van der Waals surface area contributed by atoms with Crippen molar-refractivity contribution in [2.24, 2.45) is 5.92 Å². The van der Waals surface area contributed by atoms with Gasteiger partial charge in [0.25, 0.3) is 0 Å². The number of fused-ring (bicyclic) bond motifs is 2. The van der Waals surface area contributed by atoms with Crippen molar-refractivity contribution in [2.75, 3.05) is 36.9 Å². The number of aromatic nitrogens is 6. The molecule has 0 bridgehead atoms. The van der Waals surface area contributed by atoms with E-state index in [-0.39, 0.29) is 36.6 Å². The maximum atomic E-state index is 13.1. The smallest absolute Gasteiger partial charge is 0.407 e. The second-order valence-corrected chi connectivity index (χ2v) is 13.5. The number of amides is 1. The molecule has 15 heteroatoms. The lowest BCUT2D eigenvalue weighted by molar-refractivity contribution is -0.159. The van der Waals surface area contributed by atoms with E-state index in [1.807, 2.05) is 25.4 Å². The zero-order chi connectivity index (χ0) is 33.3. The number of hydrogen-bond donors (Lipinski definition) is 3. The molecule has 0 radical (unpaired) electrons. The summed E-state index contributed by atoms with van der Waals surface area (Å²) < 4.78 is 33.9. The number of carbonyl (C=O) groups excluding carboxylic acids is 1. The van der Waals surface area contributed by atoms with Crippen LogP contribution in [0.15, 0.2) is 60.8 Å². The van der Waals surface area contributed by atoms with Crippen LogP contribution in [0.4, 0.5) is 20.7 Å². The molecule has 4 N–H and O–H groups in total. The standard InChI is InChI=1S/C33H38FN9O4S/c1-33(2)46-27-21(14-25(28(27)47-33)43-18-24(31-36-10-13-48-31)26-29(35)38-19-39-30(26)43)17-42(23-15-40-41-16-23)11-3-12-45-32(44)37-9-8-20-4-6-22(34)7-5-20/h4-7,10,13,15-16,18-19,21,25,27-28H,3,8-9,11-12,14,17H2,1-2H3,(H,37,44)(H,40,41)(H2,35,38,39)/t21-,25-,27-,28+/m1/s1. The minimum atomic E-state index is -0.750. The van der Waals surface area contributed by atoms with E-state index in [9.17, 15) is 9.18 Å². The Hall–Kier alpha value is -4.60.